The zero-order chi connectivity index (χ0) is 11.7. The molecule has 0 amide bonds. The van der Waals surface area contributed by atoms with Gasteiger partial charge in [-0.1, -0.05) is 30.3 Å². The van der Waals surface area contributed by atoms with Gasteiger partial charge in [0.05, 0.1) is 0 Å². The molecule has 0 spiro atoms. The summed E-state index contributed by atoms with van der Waals surface area (Å²) >= 11 is 0. The minimum Gasteiger partial charge on any atom is -0.440 e. The van der Waals surface area contributed by atoms with E-state index in [2.05, 4.69) is 19.1 Å². The Morgan fingerprint density at radius 3 is 2.65 bits per heavy atom. The number of para-hydroxylation sites is 1. The SMILES string of the molecule is Cc1cccc2c1Cc1ccccc1OPO2. The van der Waals surface area contributed by atoms with Gasteiger partial charge in [0.2, 0.25) is 0 Å². The molecule has 1 aliphatic heterocycles. The third kappa shape index (κ3) is 2.01. The van der Waals surface area contributed by atoms with E-state index in [1.54, 1.807) is 0 Å². The van der Waals surface area contributed by atoms with E-state index in [-0.39, 0.29) is 9.03 Å². The molecule has 3 heteroatoms. The first-order valence-electron chi connectivity index (χ1n) is 5.59. The van der Waals surface area contributed by atoms with Crippen LogP contribution in [-0.2, 0) is 6.42 Å². The van der Waals surface area contributed by atoms with Gasteiger partial charge >= 0.3 is 0 Å². The lowest BCUT2D eigenvalue weighted by molar-refractivity contribution is 0.501. The molecular weight excluding hydrogens is 231 g/mol. The average Bonchev–Trinajstić information content (AvgIpc) is 2.31. The van der Waals surface area contributed by atoms with Crippen molar-refractivity contribution >= 4 is 9.03 Å². The zero-order valence-corrected chi connectivity index (χ0v) is 10.6. The maximum atomic E-state index is 5.67. The van der Waals surface area contributed by atoms with Crippen LogP contribution in [0.5, 0.6) is 11.5 Å². The standard InChI is InChI=1S/C14H13O2P/c1-10-5-4-8-14-12(10)9-11-6-2-3-7-13(11)15-17-16-14/h2-8,17H,9H2,1H3. The average molecular weight is 244 g/mol. The van der Waals surface area contributed by atoms with Crippen LogP contribution in [0.2, 0.25) is 0 Å². The first-order valence-corrected chi connectivity index (χ1v) is 6.41. The fraction of sp³-hybridized carbons (Fsp3) is 0.143. The Labute approximate surface area is 103 Å². The van der Waals surface area contributed by atoms with E-state index < -0.39 is 0 Å². The quantitative estimate of drug-likeness (QED) is 0.655. The molecule has 0 radical (unpaired) electrons. The van der Waals surface area contributed by atoms with Gasteiger partial charge in [0.1, 0.15) is 11.5 Å². The molecule has 1 atom stereocenters. The zero-order valence-electron chi connectivity index (χ0n) is 9.57. The summed E-state index contributed by atoms with van der Waals surface area (Å²) in [4.78, 5) is 0. The van der Waals surface area contributed by atoms with Gasteiger partial charge in [0.25, 0.3) is 9.03 Å². The lowest BCUT2D eigenvalue weighted by atomic mass is 9.99. The van der Waals surface area contributed by atoms with Gasteiger partial charge in [-0.2, -0.15) is 0 Å². The van der Waals surface area contributed by atoms with Crippen molar-refractivity contribution in [2.24, 2.45) is 0 Å². The third-order valence-electron chi connectivity index (χ3n) is 3.01. The van der Waals surface area contributed by atoms with Crippen LogP contribution in [0.15, 0.2) is 42.5 Å². The van der Waals surface area contributed by atoms with Gasteiger partial charge in [-0.25, -0.2) is 0 Å². The van der Waals surface area contributed by atoms with Crippen LogP contribution in [0.3, 0.4) is 0 Å². The Morgan fingerprint density at radius 1 is 0.941 bits per heavy atom. The van der Waals surface area contributed by atoms with Crippen LogP contribution in [0.1, 0.15) is 16.7 Å². The van der Waals surface area contributed by atoms with Crippen molar-refractivity contribution in [2.45, 2.75) is 13.3 Å². The largest absolute Gasteiger partial charge is 0.440 e. The summed E-state index contributed by atoms with van der Waals surface area (Å²) < 4.78 is 11.3. The normalized spacial score (nSPS) is 14.9. The predicted octanol–water partition coefficient (Wildman–Crippen LogP) is 3.87. The Morgan fingerprint density at radius 2 is 1.71 bits per heavy atom. The van der Waals surface area contributed by atoms with Gasteiger partial charge in [-0.3, -0.25) is 0 Å². The summed E-state index contributed by atoms with van der Waals surface area (Å²) in [7, 11) is 0.0207. The molecule has 2 nitrogen and oxygen atoms in total. The Bertz CT molecular complexity index is 552. The molecule has 2 aromatic rings. The lowest BCUT2D eigenvalue weighted by Gasteiger charge is -2.19. The maximum Gasteiger partial charge on any atom is 0.275 e. The second-order valence-corrected chi connectivity index (χ2v) is 4.70. The number of fused-ring (bicyclic) bond motifs is 2. The minimum atomic E-state index is 0.0207. The Balaban J connectivity index is 2.11. The minimum absolute atomic E-state index is 0.0207. The van der Waals surface area contributed by atoms with Crippen molar-refractivity contribution in [3.63, 3.8) is 0 Å². The second-order valence-electron chi connectivity index (χ2n) is 4.12. The third-order valence-corrected chi connectivity index (χ3v) is 3.62. The van der Waals surface area contributed by atoms with Crippen LogP contribution in [-0.4, -0.2) is 0 Å². The fourth-order valence-corrected chi connectivity index (χ4v) is 2.66. The highest BCUT2D eigenvalue weighted by molar-refractivity contribution is 7.27. The van der Waals surface area contributed by atoms with E-state index in [4.69, 9.17) is 9.05 Å². The molecule has 2 aromatic carbocycles. The Kier molecular flexibility index (Phi) is 2.74. The topological polar surface area (TPSA) is 18.5 Å². The molecular formula is C14H13O2P. The molecule has 0 saturated heterocycles. The first-order chi connectivity index (χ1) is 8.34. The molecule has 17 heavy (non-hydrogen) atoms. The number of hydrogen-bond acceptors (Lipinski definition) is 2. The van der Waals surface area contributed by atoms with E-state index in [0.717, 1.165) is 17.9 Å². The number of rotatable bonds is 0. The van der Waals surface area contributed by atoms with E-state index in [1.165, 1.54) is 16.7 Å². The molecule has 1 aliphatic rings. The van der Waals surface area contributed by atoms with Crippen molar-refractivity contribution in [2.75, 3.05) is 0 Å². The molecule has 1 heterocycles. The second kappa shape index (κ2) is 4.38. The molecule has 0 aromatic heterocycles. The summed E-state index contributed by atoms with van der Waals surface area (Å²) in [5, 5.41) is 0. The van der Waals surface area contributed by atoms with Crippen molar-refractivity contribution < 1.29 is 9.05 Å². The van der Waals surface area contributed by atoms with Crippen molar-refractivity contribution in [3.8, 4) is 11.5 Å². The van der Waals surface area contributed by atoms with E-state index in [1.807, 2.05) is 30.3 Å². The van der Waals surface area contributed by atoms with Gasteiger partial charge < -0.3 is 9.05 Å². The lowest BCUT2D eigenvalue weighted by Crippen LogP contribution is -2.01. The monoisotopic (exact) mass is 244 g/mol. The van der Waals surface area contributed by atoms with E-state index in [0.29, 0.717) is 0 Å². The smallest absolute Gasteiger partial charge is 0.275 e. The fourth-order valence-electron chi connectivity index (χ4n) is 2.05. The maximum absolute atomic E-state index is 5.67. The molecule has 0 aliphatic carbocycles. The van der Waals surface area contributed by atoms with E-state index in [9.17, 15) is 0 Å². The van der Waals surface area contributed by atoms with Crippen LogP contribution >= 0.6 is 9.03 Å². The van der Waals surface area contributed by atoms with Crippen LogP contribution in [0.25, 0.3) is 0 Å². The summed E-state index contributed by atoms with van der Waals surface area (Å²) in [6.07, 6.45) is 0.864. The predicted molar refractivity (Wildman–Crippen MR) is 70.0 cm³/mol. The molecule has 86 valence electrons. The van der Waals surface area contributed by atoms with Gasteiger partial charge in [-0.05, 0) is 30.2 Å². The van der Waals surface area contributed by atoms with Crippen molar-refractivity contribution in [3.05, 3.63) is 59.2 Å². The first kappa shape index (κ1) is 10.6. The summed E-state index contributed by atoms with van der Waals surface area (Å²) in [5.41, 5.74) is 3.75. The van der Waals surface area contributed by atoms with E-state index >= 15 is 0 Å². The highest BCUT2D eigenvalue weighted by Gasteiger charge is 2.14. The number of hydrogen-bond donors (Lipinski definition) is 0. The van der Waals surface area contributed by atoms with Crippen molar-refractivity contribution in [1.29, 1.82) is 0 Å². The van der Waals surface area contributed by atoms with Crippen LogP contribution in [0.4, 0.5) is 0 Å². The van der Waals surface area contributed by atoms with Gasteiger partial charge in [-0.15, -0.1) is 0 Å². The molecule has 0 fully saturated rings. The number of aryl methyl sites for hydroxylation is 1. The number of benzene rings is 2. The Hall–Kier alpha value is -1.53. The van der Waals surface area contributed by atoms with Crippen LogP contribution in [0, 0.1) is 6.92 Å². The summed E-state index contributed by atoms with van der Waals surface area (Å²) in [6, 6.07) is 14.3. The molecule has 1 unspecified atom stereocenters. The van der Waals surface area contributed by atoms with Crippen molar-refractivity contribution in [1.82, 2.24) is 0 Å². The molecule has 0 bridgehead atoms. The molecule has 0 N–H and O–H groups in total. The van der Waals surface area contributed by atoms with Crippen LogP contribution < -0.4 is 9.05 Å². The molecule has 0 saturated carbocycles. The highest BCUT2D eigenvalue weighted by atomic mass is 31.1. The summed E-state index contributed by atoms with van der Waals surface area (Å²) in [6.45, 7) is 2.12. The van der Waals surface area contributed by atoms with Gasteiger partial charge in [0, 0.05) is 12.0 Å². The molecule has 3 rings (SSSR count). The summed E-state index contributed by atoms with van der Waals surface area (Å²) in [5.74, 6) is 1.87. The highest BCUT2D eigenvalue weighted by Crippen LogP contribution is 2.36. The van der Waals surface area contributed by atoms with Gasteiger partial charge in [0.15, 0.2) is 0 Å².